The number of hydrogen-bond acceptors (Lipinski definition) is 1. The molecule has 0 amide bonds. The van der Waals surface area contributed by atoms with Gasteiger partial charge in [-0.2, -0.15) is 0 Å². The van der Waals surface area contributed by atoms with Crippen LogP contribution in [0.15, 0.2) is 0 Å². The van der Waals surface area contributed by atoms with E-state index in [0.29, 0.717) is 5.54 Å². The van der Waals surface area contributed by atoms with Gasteiger partial charge in [-0.15, -0.1) is 0 Å². The molecule has 0 aromatic heterocycles. The molecular weight excluding hydrogens is 170 g/mol. The van der Waals surface area contributed by atoms with E-state index >= 15 is 0 Å². The van der Waals surface area contributed by atoms with Gasteiger partial charge >= 0.3 is 0 Å². The van der Waals surface area contributed by atoms with Gasteiger partial charge in [0.2, 0.25) is 0 Å². The molecule has 1 saturated heterocycles. The van der Waals surface area contributed by atoms with Crippen LogP contribution in [0.4, 0.5) is 0 Å². The second-order valence-corrected chi connectivity index (χ2v) is 5.35. The van der Waals surface area contributed by atoms with Gasteiger partial charge in [0.25, 0.3) is 0 Å². The fourth-order valence-electron chi connectivity index (χ4n) is 2.75. The molecule has 84 valence electrons. The van der Waals surface area contributed by atoms with Gasteiger partial charge in [-0.1, -0.05) is 40.0 Å². The Kier molecular flexibility index (Phi) is 4.94. The summed E-state index contributed by atoms with van der Waals surface area (Å²) in [5.74, 6) is 0.870. The Morgan fingerprint density at radius 2 is 2.07 bits per heavy atom. The SMILES string of the molecule is CCCC1(CCCC(C)C)CCCN1. The highest BCUT2D eigenvalue weighted by Gasteiger charge is 2.31. The topological polar surface area (TPSA) is 12.0 Å². The van der Waals surface area contributed by atoms with E-state index < -0.39 is 0 Å². The van der Waals surface area contributed by atoms with E-state index in [9.17, 15) is 0 Å². The second-order valence-electron chi connectivity index (χ2n) is 5.35. The molecule has 1 aliphatic heterocycles. The van der Waals surface area contributed by atoms with E-state index in [1.807, 2.05) is 0 Å². The maximum Gasteiger partial charge on any atom is 0.0181 e. The van der Waals surface area contributed by atoms with Crippen LogP contribution in [0, 0.1) is 5.92 Å². The highest BCUT2D eigenvalue weighted by molar-refractivity contribution is 4.92. The predicted molar refractivity (Wildman–Crippen MR) is 63.6 cm³/mol. The summed E-state index contributed by atoms with van der Waals surface area (Å²) in [7, 11) is 0. The third kappa shape index (κ3) is 3.61. The van der Waals surface area contributed by atoms with Crippen molar-refractivity contribution < 1.29 is 0 Å². The van der Waals surface area contributed by atoms with Crippen LogP contribution < -0.4 is 5.32 Å². The van der Waals surface area contributed by atoms with Crippen molar-refractivity contribution >= 4 is 0 Å². The minimum atomic E-state index is 0.531. The van der Waals surface area contributed by atoms with E-state index in [-0.39, 0.29) is 0 Å². The zero-order valence-corrected chi connectivity index (χ0v) is 10.2. The van der Waals surface area contributed by atoms with Gasteiger partial charge in [-0.3, -0.25) is 0 Å². The van der Waals surface area contributed by atoms with E-state index in [0.717, 1.165) is 5.92 Å². The molecular formula is C13H27N. The van der Waals surface area contributed by atoms with Crippen molar-refractivity contribution in [1.29, 1.82) is 0 Å². The molecule has 1 fully saturated rings. The largest absolute Gasteiger partial charge is 0.311 e. The fourth-order valence-corrected chi connectivity index (χ4v) is 2.75. The summed E-state index contributed by atoms with van der Waals surface area (Å²) < 4.78 is 0. The molecule has 0 bridgehead atoms. The molecule has 1 aliphatic rings. The Morgan fingerprint density at radius 3 is 2.57 bits per heavy atom. The molecule has 0 aromatic rings. The maximum absolute atomic E-state index is 3.74. The molecule has 0 spiro atoms. The van der Waals surface area contributed by atoms with Crippen molar-refractivity contribution in [3.05, 3.63) is 0 Å². The number of hydrogen-bond donors (Lipinski definition) is 1. The standard InChI is InChI=1S/C13H27N/c1-4-8-13(10-6-11-14-13)9-5-7-12(2)3/h12,14H,4-11H2,1-3H3. The molecule has 0 aliphatic carbocycles. The lowest BCUT2D eigenvalue weighted by molar-refractivity contribution is 0.302. The van der Waals surface area contributed by atoms with Gasteiger partial charge in [0, 0.05) is 5.54 Å². The fraction of sp³-hybridized carbons (Fsp3) is 1.00. The van der Waals surface area contributed by atoms with Crippen LogP contribution in [0.2, 0.25) is 0 Å². The first-order valence-electron chi connectivity index (χ1n) is 6.43. The summed E-state index contributed by atoms with van der Waals surface area (Å²) in [5.41, 5.74) is 0.531. The van der Waals surface area contributed by atoms with Crippen LogP contribution in [0.1, 0.15) is 65.7 Å². The Hall–Kier alpha value is -0.0400. The van der Waals surface area contributed by atoms with Gasteiger partial charge in [0.05, 0.1) is 0 Å². The lowest BCUT2D eigenvalue weighted by Gasteiger charge is -2.29. The molecule has 1 heteroatoms. The quantitative estimate of drug-likeness (QED) is 0.684. The summed E-state index contributed by atoms with van der Waals surface area (Å²) >= 11 is 0. The smallest absolute Gasteiger partial charge is 0.0181 e. The molecule has 1 N–H and O–H groups in total. The summed E-state index contributed by atoms with van der Waals surface area (Å²) in [5, 5.41) is 3.74. The van der Waals surface area contributed by atoms with Crippen LogP contribution in [0.3, 0.4) is 0 Å². The lowest BCUT2D eigenvalue weighted by atomic mass is 9.85. The average Bonchev–Trinajstić information content (AvgIpc) is 2.53. The minimum absolute atomic E-state index is 0.531. The third-order valence-electron chi connectivity index (χ3n) is 3.50. The first-order valence-corrected chi connectivity index (χ1v) is 6.43. The van der Waals surface area contributed by atoms with Crippen LogP contribution in [0.25, 0.3) is 0 Å². The van der Waals surface area contributed by atoms with Gasteiger partial charge in [0.15, 0.2) is 0 Å². The van der Waals surface area contributed by atoms with E-state index in [2.05, 4.69) is 26.1 Å². The molecule has 14 heavy (non-hydrogen) atoms. The van der Waals surface area contributed by atoms with Crippen LogP contribution in [-0.2, 0) is 0 Å². The highest BCUT2D eigenvalue weighted by Crippen LogP contribution is 2.30. The zero-order chi connectivity index (χ0) is 10.4. The monoisotopic (exact) mass is 197 g/mol. The van der Waals surface area contributed by atoms with Gasteiger partial charge in [-0.25, -0.2) is 0 Å². The summed E-state index contributed by atoms with van der Waals surface area (Å²) in [6.45, 7) is 8.22. The average molecular weight is 197 g/mol. The molecule has 0 aromatic carbocycles. The predicted octanol–water partition coefficient (Wildman–Crippen LogP) is 3.74. The molecule has 1 rings (SSSR count). The molecule has 1 unspecified atom stereocenters. The Morgan fingerprint density at radius 1 is 1.29 bits per heavy atom. The maximum atomic E-state index is 3.74. The van der Waals surface area contributed by atoms with Crippen LogP contribution >= 0.6 is 0 Å². The summed E-state index contributed by atoms with van der Waals surface area (Å²) in [4.78, 5) is 0. The van der Waals surface area contributed by atoms with E-state index in [1.54, 1.807) is 0 Å². The second kappa shape index (κ2) is 5.75. The van der Waals surface area contributed by atoms with Gasteiger partial charge in [-0.05, 0) is 38.1 Å². The van der Waals surface area contributed by atoms with Crippen molar-refractivity contribution in [1.82, 2.24) is 5.32 Å². The van der Waals surface area contributed by atoms with Crippen LogP contribution in [-0.4, -0.2) is 12.1 Å². The molecule has 1 atom stereocenters. The van der Waals surface area contributed by atoms with Crippen molar-refractivity contribution in [3.8, 4) is 0 Å². The van der Waals surface area contributed by atoms with Crippen molar-refractivity contribution in [2.75, 3.05) is 6.54 Å². The number of nitrogens with one attached hydrogen (secondary N) is 1. The molecule has 0 saturated carbocycles. The zero-order valence-electron chi connectivity index (χ0n) is 10.2. The Balaban J connectivity index is 2.28. The van der Waals surface area contributed by atoms with E-state index in [1.165, 1.54) is 51.5 Å². The lowest BCUT2D eigenvalue weighted by Crippen LogP contribution is -2.39. The summed E-state index contributed by atoms with van der Waals surface area (Å²) in [6, 6.07) is 0. The Labute approximate surface area is 89.7 Å². The van der Waals surface area contributed by atoms with E-state index in [4.69, 9.17) is 0 Å². The van der Waals surface area contributed by atoms with Gasteiger partial charge < -0.3 is 5.32 Å². The normalized spacial score (nSPS) is 27.4. The highest BCUT2D eigenvalue weighted by atomic mass is 15.0. The first-order chi connectivity index (χ1) is 6.68. The van der Waals surface area contributed by atoms with Crippen molar-refractivity contribution in [2.45, 2.75) is 71.3 Å². The van der Waals surface area contributed by atoms with Crippen molar-refractivity contribution in [3.63, 3.8) is 0 Å². The van der Waals surface area contributed by atoms with Crippen molar-refractivity contribution in [2.24, 2.45) is 5.92 Å². The third-order valence-corrected chi connectivity index (χ3v) is 3.50. The summed E-state index contributed by atoms with van der Waals surface area (Å²) in [6.07, 6.45) is 9.72. The number of rotatable bonds is 6. The molecule has 1 heterocycles. The minimum Gasteiger partial charge on any atom is -0.311 e. The van der Waals surface area contributed by atoms with Gasteiger partial charge in [0.1, 0.15) is 0 Å². The Bertz CT molecular complexity index is 145. The molecule has 0 radical (unpaired) electrons. The first kappa shape index (κ1) is 12.0. The van der Waals surface area contributed by atoms with Crippen LogP contribution in [0.5, 0.6) is 0 Å². The molecule has 1 nitrogen and oxygen atoms in total.